The van der Waals surface area contributed by atoms with Gasteiger partial charge in [0.05, 0.1) is 23.4 Å². The highest BCUT2D eigenvalue weighted by atomic mass is 35.5. The molecule has 128 valence electrons. The number of ether oxygens (including phenoxy) is 1. The van der Waals surface area contributed by atoms with Crippen molar-refractivity contribution < 1.29 is 23.1 Å². The van der Waals surface area contributed by atoms with Gasteiger partial charge in [0.2, 0.25) is 10.0 Å². The Balaban J connectivity index is 2.04. The van der Waals surface area contributed by atoms with E-state index < -0.39 is 16.0 Å². The number of carboxylic acid groups (broad SMARTS) is 1. The molecule has 0 aromatic heterocycles. The van der Waals surface area contributed by atoms with Crippen molar-refractivity contribution in [2.75, 3.05) is 39.8 Å². The number of methoxy groups -OCH3 is 1. The number of carboxylic acids is 1. The molecule has 0 amide bonds. The molecule has 1 heterocycles. The highest BCUT2D eigenvalue weighted by Gasteiger charge is 2.29. The molecular formula is C14H19ClN2O5S. The summed E-state index contributed by atoms with van der Waals surface area (Å²) in [5, 5.41) is 8.93. The lowest BCUT2D eigenvalue weighted by atomic mass is 10.3. The van der Waals surface area contributed by atoms with Crippen molar-refractivity contribution in [2.24, 2.45) is 0 Å². The molecule has 0 radical (unpaired) electrons. The van der Waals surface area contributed by atoms with Gasteiger partial charge in [-0.3, -0.25) is 4.79 Å². The van der Waals surface area contributed by atoms with Gasteiger partial charge in [-0.15, -0.1) is 0 Å². The summed E-state index contributed by atoms with van der Waals surface area (Å²) in [5.74, 6) is -0.433. The molecule has 0 spiro atoms. The van der Waals surface area contributed by atoms with Crippen molar-refractivity contribution in [3.05, 3.63) is 23.2 Å². The number of benzene rings is 1. The summed E-state index contributed by atoms with van der Waals surface area (Å²) in [6.45, 7) is 2.10. The second kappa shape index (κ2) is 7.48. The third-order valence-electron chi connectivity index (χ3n) is 3.73. The quantitative estimate of drug-likeness (QED) is 0.816. The zero-order valence-electron chi connectivity index (χ0n) is 12.7. The van der Waals surface area contributed by atoms with Crippen LogP contribution in [0.15, 0.2) is 23.1 Å². The summed E-state index contributed by atoms with van der Waals surface area (Å²) in [7, 11) is -2.15. The van der Waals surface area contributed by atoms with Crippen molar-refractivity contribution in [3.8, 4) is 5.75 Å². The summed E-state index contributed by atoms with van der Waals surface area (Å²) in [6, 6.07) is 4.38. The van der Waals surface area contributed by atoms with E-state index in [1.54, 1.807) is 0 Å². The summed E-state index contributed by atoms with van der Waals surface area (Å²) >= 11 is 6.00. The van der Waals surface area contributed by atoms with E-state index in [0.29, 0.717) is 38.5 Å². The van der Waals surface area contributed by atoms with Crippen molar-refractivity contribution in [3.63, 3.8) is 0 Å². The maximum absolute atomic E-state index is 12.6. The molecule has 1 fully saturated rings. The third-order valence-corrected chi connectivity index (χ3v) is 5.92. The van der Waals surface area contributed by atoms with Crippen LogP contribution >= 0.6 is 11.6 Å². The summed E-state index contributed by atoms with van der Waals surface area (Å²) < 4.78 is 31.7. The van der Waals surface area contributed by atoms with Crippen molar-refractivity contribution in [1.82, 2.24) is 9.21 Å². The molecule has 9 heteroatoms. The minimum Gasteiger partial charge on any atom is -0.495 e. The molecule has 1 aliphatic heterocycles. The molecule has 0 unspecified atom stereocenters. The average Bonchev–Trinajstić information content (AvgIpc) is 2.53. The van der Waals surface area contributed by atoms with Gasteiger partial charge in [-0.05, 0) is 18.2 Å². The molecule has 0 aliphatic carbocycles. The van der Waals surface area contributed by atoms with Crippen LogP contribution in [0.2, 0.25) is 5.02 Å². The van der Waals surface area contributed by atoms with Crippen LogP contribution in [0.3, 0.4) is 0 Å². The second-order valence-corrected chi connectivity index (χ2v) is 7.53. The van der Waals surface area contributed by atoms with Crippen molar-refractivity contribution in [2.45, 2.75) is 11.3 Å². The highest BCUT2D eigenvalue weighted by Crippen LogP contribution is 2.28. The van der Waals surface area contributed by atoms with E-state index in [2.05, 4.69) is 0 Å². The van der Waals surface area contributed by atoms with Crippen LogP contribution in [0, 0.1) is 0 Å². The van der Waals surface area contributed by atoms with Gasteiger partial charge in [-0.2, -0.15) is 4.31 Å². The normalized spacial score (nSPS) is 17.1. The molecule has 0 saturated carbocycles. The first-order valence-electron chi connectivity index (χ1n) is 7.12. The maximum atomic E-state index is 12.6. The molecule has 0 bridgehead atoms. The van der Waals surface area contributed by atoms with Crippen LogP contribution in [0.4, 0.5) is 0 Å². The zero-order valence-corrected chi connectivity index (χ0v) is 14.3. The summed E-state index contributed by atoms with van der Waals surface area (Å²) in [5.41, 5.74) is 0. The van der Waals surface area contributed by atoms with Crippen LogP contribution in [0.1, 0.15) is 6.42 Å². The fourth-order valence-electron chi connectivity index (χ4n) is 2.40. The number of hydrogen-bond acceptors (Lipinski definition) is 5. The van der Waals surface area contributed by atoms with Gasteiger partial charge in [0.15, 0.2) is 0 Å². The van der Waals surface area contributed by atoms with Crippen LogP contribution < -0.4 is 4.74 Å². The van der Waals surface area contributed by atoms with Gasteiger partial charge in [0.25, 0.3) is 0 Å². The van der Waals surface area contributed by atoms with E-state index in [1.165, 1.54) is 29.6 Å². The number of hydrogen-bond donors (Lipinski definition) is 1. The Kier molecular flexibility index (Phi) is 5.85. The van der Waals surface area contributed by atoms with E-state index in [4.69, 9.17) is 21.4 Å². The Morgan fingerprint density at radius 2 is 1.96 bits per heavy atom. The maximum Gasteiger partial charge on any atom is 0.304 e. The third kappa shape index (κ3) is 4.35. The van der Waals surface area contributed by atoms with E-state index in [-0.39, 0.29) is 16.3 Å². The predicted molar refractivity (Wildman–Crippen MR) is 85.5 cm³/mol. The number of nitrogens with zero attached hydrogens (tertiary/aromatic N) is 2. The fraction of sp³-hybridized carbons (Fsp3) is 0.500. The average molecular weight is 363 g/mol. The number of halogens is 1. The Labute approximate surface area is 140 Å². The van der Waals surface area contributed by atoms with Gasteiger partial charge >= 0.3 is 5.97 Å². The van der Waals surface area contributed by atoms with Crippen LogP contribution in [0.25, 0.3) is 0 Å². The number of rotatable bonds is 6. The Hall–Kier alpha value is -1.35. The first-order valence-corrected chi connectivity index (χ1v) is 8.94. The van der Waals surface area contributed by atoms with Gasteiger partial charge < -0.3 is 14.7 Å². The van der Waals surface area contributed by atoms with Crippen LogP contribution in [-0.4, -0.2) is 68.5 Å². The number of piperazine rings is 1. The molecule has 1 aliphatic rings. The monoisotopic (exact) mass is 362 g/mol. The summed E-state index contributed by atoms with van der Waals surface area (Å²) in [4.78, 5) is 12.7. The van der Waals surface area contributed by atoms with Gasteiger partial charge in [-0.1, -0.05) is 11.6 Å². The topological polar surface area (TPSA) is 87.2 Å². The fourth-order valence-corrected chi connectivity index (χ4v) is 4.18. The standard InChI is InChI=1S/C14H19ClN2O5S/c1-22-13-3-2-11(10-12(13)15)23(20,21)17-8-6-16(7-9-17)5-4-14(18)19/h2-3,10H,4-9H2,1H3,(H,18,19). The number of sulfonamides is 1. The Bertz CT molecular complexity index is 672. The first kappa shape index (κ1) is 18.0. The molecular weight excluding hydrogens is 344 g/mol. The molecule has 7 nitrogen and oxygen atoms in total. The minimum absolute atomic E-state index is 0.0564. The molecule has 1 aromatic carbocycles. The summed E-state index contributed by atoms with van der Waals surface area (Å²) in [6.07, 6.45) is 0.0564. The number of carbonyl (C=O) groups is 1. The molecule has 1 aromatic rings. The minimum atomic E-state index is -3.61. The first-order chi connectivity index (χ1) is 10.8. The second-order valence-electron chi connectivity index (χ2n) is 5.19. The lowest BCUT2D eigenvalue weighted by molar-refractivity contribution is -0.137. The Morgan fingerprint density at radius 3 is 2.48 bits per heavy atom. The molecule has 1 N–H and O–H groups in total. The lowest BCUT2D eigenvalue weighted by Crippen LogP contribution is -2.48. The molecule has 1 saturated heterocycles. The molecule has 2 rings (SSSR count). The van der Waals surface area contributed by atoms with Crippen LogP contribution in [0.5, 0.6) is 5.75 Å². The lowest BCUT2D eigenvalue weighted by Gasteiger charge is -2.33. The largest absolute Gasteiger partial charge is 0.495 e. The van der Waals surface area contributed by atoms with E-state index in [0.717, 1.165) is 0 Å². The van der Waals surface area contributed by atoms with Crippen LogP contribution in [-0.2, 0) is 14.8 Å². The predicted octanol–water partition coefficient (Wildman–Crippen LogP) is 1.13. The van der Waals surface area contributed by atoms with Gasteiger partial charge in [-0.25, -0.2) is 8.42 Å². The smallest absolute Gasteiger partial charge is 0.304 e. The SMILES string of the molecule is COc1ccc(S(=O)(=O)N2CCN(CCC(=O)O)CC2)cc1Cl. The Morgan fingerprint density at radius 1 is 1.30 bits per heavy atom. The van der Waals surface area contributed by atoms with Crippen molar-refractivity contribution in [1.29, 1.82) is 0 Å². The zero-order chi connectivity index (χ0) is 17.0. The van der Waals surface area contributed by atoms with Crippen molar-refractivity contribution >= 4 is 27.6 Å². The van der Waals surface area contributed by atoms with Gasteiger partial charge in [0, 0.05) is 32.7 Å². The van der Waals surface area contributed by atoms with Gasteiger partial charge in [0.1, 0.15) is 5.75 Å². The highest BCUT2D eigenvalue weighted by molar-refractivity contribution is 7.89. The number of aliphatic carboxylic acids is 1. The molecule has 0 atom stereocenters. The molecule has 23 heavy (non-hydrogen) atoms. The van der Waals surface area contributed by atoms with E-state index >= 15 is 0 Å². The van der Waals surface area contributed by atoms with E-state index in [1.807, 2.05) is 4.90 Å². The van der Waals surface area contributed by atoms with E-state index in [9.17, 15) is 13.2 Å².